The zero-order valence-electron chi connectivity index (χ0n) is 12.3. The van der Waals surface area contributed by atoms with E-state index in [2.05, 4.69) is 18.3 Å². The first-order valence-corrected chi connectivity index (χ1v) is 7.61. The van der Waals surface area contributed by atoms with E-state index in [0.29, 0.717) is 17.1 Å². The second-order valence-electron chi connectivity index (χ2n) is 4.79. The fraction of sp³-hybridized carbons (Fsp3) is 0.250. The van der Waals surface area contributed by atoms with Crippen LogP contribution in [0.4, 0.5) is 11.4 Å². The van der Waals surface area contributed by atoms with Gasteiger partial charge in [0.25, 0.3) is 0 Å². The minimum atomic E-state index is -0.318. The average molecular weight is 302 g/mol. The molecule has 0 heterocycles. The Morgan fingerprint density at radius 1 is 1.19 bits per heavy atom. The van der Waals surface area contributed by atoms with Crippen LogP contribution in [0.2, 0.25) is 0 Å². The molecule has 1 N–H and O–H groups in total. The number of rotatable bonds is 5. The highest BCUT2D eigenvalue weighted by Gasteiger charge is 2.20. The number of aryl methyl sites for hydroxylation is 2. The van der Waals surface area contributed by atoms with E-state index in [1.165, 1.54) is 22.9 Å². The molecule has 5 heteroatoms. The third-order valence-corrected chi connectivity index (χ3v) is 4.29. The standard InChI is InChI=1S/C16H18N2O2S/c1-4-17-14-6-5-7-15(16(14)18(19)20)21-13-9-8-11(2)12(3)10-13/h5-10,17H,4H2,1-3H3. The van der Waals surface area contributed by atoms with Crippen LogP contribution in [0.5, 0.6) is 0 Å². The number of hydrogen-bond donors (Lipinski definition) is 1. The molecule has 0 saturated carbocycles. The van der Waals surface area contributed by atoms with Gasteiger partial charge >= 0.3 is 5.69 Å². The molecule has 2 rings (SSSR count). The summed E-state index contributed by atoms with van der Waals surface area (Å²) in [5, 5.41) is 14.4. The predicted octanol–water partition coefficient (Wildman–Crippen LogP) is 4.79. The number of nitro benzene ring substituents is 1. The zero-order chi connectivity index (χ0) is 15.4. The van der Waals surface area contributed by atoms with Crippen LogP contribution in [-0.2, 0) is 0 Å². The van der Waals surface area contributed by atoms with Crippen molar-refractivity contribution in [1.29, 1.82) is 0 Å². The summed E-state index contributed by atoms with van der Waals surface area (Å²) in [5.41, 5.74) is 3.11. The van der Waals surface area contributed by atoms with Gasteiger partial charge in [0.05, 0.1) is 9.82 Å². The molecule has 4 nitrogen and oxygen atoms in total. The fourth-order valence-corrected chi connectivity index (χ4v) is 3.08. The summed E-state index contributed by atoms with van der Waals surface area (Å²) < 4.78 is 0. The van der Waals surface area contributed by atoms with E-state index in [-0.39, 0.29) is 10.6 Å². The normalized spacial score (nSPS) is 10.4. The van der Waals surface area contributed by atoms with Crippen LogP contribution >= 0.6 is 11.8 Å². The van der Waals surface area contributed by atoms with Gasteiger partial charge in [-0.2, -0.15) is 0 Å². The van der Waals surface area contributed by atoms with Gasteiger partial charge in [0.2, 0.25) is 0 Å². The smallest absolute Gasteiger partial charge is 0.306 e. The molecule has 0 unspecified atom stereocenters. The molecule has 0 spiro atoms. The number of hydrogen-bond acceptors (Lipinski definition) is 4. The van der Waals surface area contributed by atoms with Crippen molar-refractivity contribution < 1.29 is 4.92 Å². The van der Waals surface area contributed by atoms with Gasteiger partial charge in [0, 0.05) is 11.4 Å². The van der Waals surface area contributed by atoms with Gasteiger partial charge in [0.1, 0.15) is 5.69 Å². The Hall–Kier alpha value is -2.01. The van der Waals surface area contributed by atoms with Crippen molar-refractivity contribution in [3.05, 3.63) is 57.6 Å². The Morgan fingerprint density at radius 2 is 1.95 bits per heavy atom. The molecule has 21 heavy (non-hydrogen) atoms. The van der Waals surface area contributed by atoms with E-state index in [1.807, 2.05) is 32.0 Å². The third-order valence-electron chi connectivity index (χ3n) is 3.25. The van der Waals surface area contributed by atoms with Crippen LogP contribution in [-0.4, -0.2) is 11.5 Å². The third kappa shape index (κ3) is 3.55. The van der Waals surface area contributed by atoms with Crippen molar-refractivity contribution in [3.8, 4) is 0 Å². The fourth-order valence-electron chi connectivity index (χ4n) is 2.03. The number of nitro groups is 1. The number of anilines is 1. The van der Waals surface area contributed by atoms with Gasteiger partial charge in [-0.05, 0) is 56.2 Å². The second kappa shape index (κ2) is 6.63. The Kier molecular flexibility index (Phi) is 4.85. The van der Waals surface area contributed by atoms with Crippen molar-refractivity contribution in [2.24, 2.45) is 0 Å². The molecule has 2 aromatic rings. The summed E-state index contributed by atoms with van der Waals surface area (Å²) >= 11 is 1.42. The molecule has 0 fully saturated rings. The second-order valence-corrected chi connectivity index (χ2v) is 5.90. The summed E-state index contributed by atoms with van der Waals surface area (Å²) in [7, 11) is 0. The quantitative estimate of drug-likeness (QED) is 0.637. The molecule has 0 aromatic heterocycles. The maximum atomic E-state index is 11.4. The number of nitrogens with one attached hydrogen (secondary N) is 1. The summed E-state index contributed by atoms with van der Waals surface area (Å²) in [5.74, 6) is 0. The highest BCUT2D eigenvalue weighted by atomic mass is 32.2. The lowest BCUT2D eigenvalue weighted by atomic mass is 10.1. The first-order chi connectivity index (χ1) is 10.0. The van der Waals surface area contributed by atoms with Crippen LogP contribution in [0.1, 0.15) is 18.1 Å². The Balaban J connectivity index is 2.41. The van der Waals surface area contributed by atoms with Crippen molar-refractivity contribution in [1.82, 2.24) is 0 Å². The Morgan fingerprint density at radius 3 is 2.57 bits per heavy atom. The van der Waals surface area contributed by atoms with Crippen molar-refractivity contribution in [2.75, 3.05) is 11.9 Å². The monoisotopic (exact) mass is 302 g/mol. The topological polar surface area (TPSA) is 55.2 Å². The van der Waals surface area contributed by atoms with Crippen LogP contribution in [0.15, 0.2) is 46.2 Å². The predicted molar refractivity (Wildman–Crippen MR) is 87.3 cm³/mol. The Bertz CT molecular complexity index is 671. The van der Waals surface area contributed by atoms with Crippen LogP contribution in [0, 0.1) is 24.0 Å². The largest absolute Gasteiger partial charge is 0.380 e. The number of para-hydroxylation sites is 1. The first kappa shape index (κ1) is 15.4. The zero-order valence-corrected chi connectivity index (χ0v) is 13.2. The van der Waals surface area contributed by atoms with Crippen LogP contribution in [0.3, 0.4) is 0 Å². The maximum absolute atomic E-state index is 11.4. The lowest BCUT2D eigenvalue weighted by Crippen LogP contribution is -2.02. The van der Waals surface area contributed by atoms with Crippen molar-refractivity contribution >= 4 is 23.1 Å². The molecule has 0 bridgehead atoms. The van der Waals surface area contributed by atoms with Crippen molar-refractivity contribution in [2.45, 2.75) is 30.6 Å². The van der Waals surface area contributed by atoms with Crippen LogP contribution in [0.25, 0.3) is 0 Å². The van der Waals surface area contributed by atoms with Gasteiger partial charge in [-0.3, -0.25) is 10.1 Å². The number of nitrogens with zero attached hydrogens (tertiary/aromatic N) is 1. The van der Waals surface area contributed by atoms with Gasteiger partial charge in [-0.25, -0.2) is 0 Å². The summed E-state index contributed by atoms with van der Waals surface area (Å²) in [6.45, 7) is 6.67. The molecule has 0 aliphatic heterocycles. The van der Waals surface area contributed by atoms with Gasteiger partial charge in [-0.1, -0.05) is 23.9 Å². The van der Waals surface area contributed by atoms with Crippen LogP contribution < -0.4 is 5.32 Å². The highest BCUT2D eigenvalue weighted by Crippen LogP contribution is 2.39. The average Bonchev–Trinajstić information content (AvgIpc) is 2.43. The molecule has 2 aromatic carbocycles. The molecule has 0 atom stereocenters. The summed E-state index contributed by atoms with van der Waals surface area (Å²) in [4.78, 5) is 12.7. The van der Waals surface area contributed by atoms with E-state index in [1.54, 1.807) is 12.1 Å². The molecule has 0 aliphatic rings. The molecule has 0 amide bonds. The van der Waals surface area contributed by atoms with E-state index >= 15 is 0 Å². The molecule has 0 saturated heterocycles. The summed E-state index contributed by atoms with van der Waals surface area (Å²) in [6.07, 6.45) is 0. The van der Waals surface area contributed by atoms with Crippen molar-refractivity contribution in [3.63, 3.8) is 0 Å². The van der Waals surface area contributed by atoms with E-state index in [9.17, 15) is 10.1 Å². The van der Waals surface area contributed by atoms with E-state index in [0.717, 1.165) is 4.90 Å². The Labute approximate surface area is 128 Å². The lowest BCUT2D eigenvalue weighted by molar-refractivity contribution is -0.386. The first-order valence-electron chi connectivity index (χ1n) is 6.79. The molecule has 0 radical (unpaired) electrons. The lowest BCUT2D eigenvalue weighted by Gasteiger charge is -2.09. The SMILES string of the molecule is CCNc1cccc(Sc2ccc(C)c(C)c2)c1[N+](=O)[O-]. The molecular weight excluding hydrogens is 284 g/mol. The van der Waals surface area contributed by atoms with Gasteiger partial charge < -0.3 is 5.32 Å². The number of benzene rings is 2. The molecule has 110 valence electrons. The summed E-state index contributed by atoms with van der Waals surface area (Å²) in [6, 6.07) is 11.5. The van der Waals surface area contributed by atoms with Gasteiger partial charge in [0.15, 0.2) is 0 Å². The molecule has 0 aliphatic carbocycles. The minimum Gasteiger partial charge on any atom is -0.380 e. The molecular formula is C16H18N2O2S. The maximum Gasteiger partial charge on any atom is 0.306 e. The highest BCUT2D eigenvalue weighted by molar-refractivity contribution is 7.99. The van der Waals surface area contributed by atoms with E-state index < -0.39 is 0 Å². The minimum absolute atomic E-state index is 0.141. The van der Waals surface area contributed by atoms with Gasteiger partial charge in [-0.15, -0.1) is 0 Å². The van der Waals surface area contributed by atoms with E-state index in [4.69, 9.17) is 0 Å².